The summed E-state index contributed by atoms with van der Waals surface area (Å²) in [6.45, 7) is 2.20. The number of aromatic nitrogens is 2. The van der Waals surface area contributed by atoms with Crippen LogP contribution in [0, 0.1) is 11.7 Å². The maximum Gasteiger partial charge on any atom is 0.139 e. The zero-order valence-electron chi connectivity index (χ0n) is 9.25. The fourth-order valence-electron chi connectivity index (χ4n) is 2.27. The van der Waals surface area contributed by atoms with Crippen LogP contribution in [0.1, 0.15) is 25.2 Å². The van der Waals surface area contributed by atoms with Crippen molar-refractivity contribution < 1.29 is 4.39 Å². The molecule has 0 amide bonds. The highest BCUT2D eigenvalue weighted by Gasteiger charge is 2.36. The molecule has 0 radical (unpaired) electrons. The average molecular weight is 318 g/mol. The van der Waals surface area contributed by atoms with Crippen molar-refractivity contribution in [1.82, 2.24) is 9.55 Å². The quantitative estimate of drug-likeness (QED) is 0.757. The predicted octanol–water partition coefficient (Wildman–Crippen LogP) is 4.26. The molecular formula is C12H11BrClFN2. The van der Waals surface area contributed by atoms with Crippen molar-refractivity contribution in [3.05, 3.63) is 28.2 Å². The third-order valence-electron chi connectivity index (χ3n) is 3.32. The van der Waals surface area contributed by atoms with Crippen LogP contribution >= 0.6 is 27.5 Å². The first-order valence-corrected chi connectivity index (χ1v) is 6.86. The second-order valence-corrected chi connectivity index (χ2v) is 5.69. The van der Waals surface area contributed by atoms with E-state index in [1.165, 1.54) is 6.07 Å². The summed E-state index contributed by atoms with van der Waals surface area (Å²) in [4.78, 5) is 4.40. The van der Waals surface area contributed by atoms with E-state index in [-0.39, 0.29) is 5.82 Å². The number of alkyl halides is 1. The number of hydrogen-bond acceptors (Lipinski definition) is 1. The summed E-state index contributed by atoms with van der Waals surface area (Å²) in [5, 5.41) is 0. The lowest BCUT2D eigenvalue weighted by Crippen LogP contribution is -2.00. The van der Waals surface area contributed by atoms with Gasteiger partial charge in [-0.1, -0.05) is 6.92 Å². The Balaban J connectivity index is 2.26. The van der Waals surface area contributed by atoms with E-state index in [1.807, 2.05) is 0 Å². The molecule has 0 bridgehead atoms. The Morgan fingerprint density at radius 1 is 1.59 bits per heavy atom. The molecule has 1 aromatic carbocycles. The maximum atomic E-state index is 13.5. The van der Waals surface area contributed by atoms with Crippen molar-refractivity contribution >= 4 is 38.6 Å². The van der Waals surface area contributed by atoms with Gasteiger partial charge in [-0.25, -0.2) is 9.37 Å². The first kappa shape index (κ1) is 11.5. The van der Waals surface area contributed by atoms with Crippen LogP contribution in [-0.4, -0.2) is 9.55 Å². The lowest BCUT2D eigenvalue weighted by atomic mass is 10.3. The molecule has 0 spiro atoms. The summed E-state index contributed by atoms with van der Waals surface area (Å²) >= 11 is 9.13. The molecule has 1 saturated carbocycles. The van der Waals surface area contributed by atoms with Crippen LogP contribution in [0.15, 0.2) is 16.6 Å². The molecule has 0 N–H and O–H groups in total. The molecule has 17 heavy (non-hydrogen) atoms. The van der Waals surface area contributed by atoms with E-state index in [9.17, 15) is 4.39 Å². The summed E-state index contributed by atoms with van der Waals surface area (Å²) in [6.07, 6.45) is 1.14. The van der Waals surface area contributed by atoms with Crippen LogP contribution in [-0.2, 0) is 5.88 Å². The van der Waals surface area contributed by atoms with E-state index in [2.05, 4.69) is 32.4 Å². The third kappa shape index (κ3) is 1.78. The van der Waals surface area contributed by atoms with Crippen molar-refractivity contribution in [3.63, 3.8) is 0 Å². The minimum absolute atomic E-state index is 0.285. The standard InChI is InChI=1S/C12H11BrClFN2/c1-6-2-10(6)17-11-3-7(13)8(15)4-9(11)16-12(17)5-14/h3-4,6,10H,2,5H2,1H3. The van der Waals surface area contributed by atoms with Gasteiger partial charge in [-0.2, -0.15) is 0 Å². The molecule has 1 aliphatic carbocycles. The predicted molar refractivity (Wildman–Crippen MR) is 69.8 cm³/mol. The van der Waals surface area contributed by atoms with E-state index >= 15 is 0 Å². The zero-order valence-corrected chi connectivity index (χ0v) is 11.6. The number of benzene rings is 1. The van der Waals surface area contributed by atoms with Gasteiger partial charge in [0.2, 0.25) is 0 Å². The topological polar surface area (TPSA) is 17.8 Å². The number of hydrogen-bond donors (Lipinski definition) is 0. The molecular weight excluding hydrogens is 307 g/mol. The molecule has 3 rings (SSSR count). The molecule has 5 heteroatoms. The number of nitrogens with zero attached hydrogens (tertiary/aromatic N) is 2. The highest BCUT2D eigenvalue weighted by molar-refractivity contribution is 9.10. The van der Waals surface area contributed by atoms with Crippen molar-refractivity contribution in [2.24, 2.45) is 5.92 Å². The molecule has 1 heterocycles. The van der Waals surface area contributed by atoms with E-state index < -0.39 is 0 Å². The minimum Gasteiger partial charge on any atom is -0.324 e. The van der Waals surface area contributed by atoms with Gasteiger partial charge in [-0.15, -0.1) is 11.6 Å². The smallest absolute Gasteiger partial charge is 0.139 e. The average Bonchev–Trinajstić information content (AvgIpc) is 2.89. The zero-order chi connectivity index (χ0) is 12.2. The Bertz CT molecular complexity index is 596. The lowest BCUT2D eigenvalue weighted by molar-refractivity contribution is 0.622. The van der Waals surface area contributed by atoms with Gasteiger partial charge in [0.1, 0.15) is 11.6 Å². The Morgan fingerprint density at radius 2 is 2.29 bits per heavy atom. The molecule has 0 aliphatic heterocycles. The molecule has 2 atom stereocenters. The summed E-state index contributed by atoms with van der Waals surface area (Å²) in [5.74, 6) is 1.55. The van der Waals surface area contributed by atoms with Gasteiger partial charge in [-0.05, 0) is 34.3 Å². The number of rotatable bonds is 2. The Hall–Kier alpha value is -0.610. The van der Waals surface area contributed by atoms with Crippen LogP contribution in [0.5, 0.6) is 0 Å². The van der Waals surface area contributed by atoms with E-state index in [4.69, 9.17) is 11.6 Å². The first-order chi connectivity index (χ1) is 8.11. The van der Waals surface area contributed by atoms with E-state index in [0.29, 0.717) is 27.8 Å². The van der Waals surface area contributed by atoms with Gasteiger partial charge in [-0.3, -0.25) is 0 Å². The van der Waals surface area contributed by atoms with Crippen molar-refractivity contribution in [2.75, 3.05) is 0 Å². The summed E-state index contributed by atoms with van der Waals surface area (Å²) in [6, 6.07) is 3.71. The summed E-state index contributed by atoms with van der Waals surface area (Å²) in [5.41, 5.74) is 1.64. The summed E-state index contributed by atoms with van der Waals surface area (Å²) < 4.78 is 16.1. The van der Waals surface area contributed by atoms with Crippen LogP contribution < -0.4 is 0 Å². The van der Waals surface area contributed by atoms with Crippen LogP contribution in [0.4, 0.5) is 4.39 Å². The highest BCUT2D eigenvalue weighted by atomic mass is 79.9. The van der Waals surface area contributed by atoms with Crippen molar-refractivity contribution in [3.8, 4) is 0 Å². The first-order valence-electron chi connectivity index (χ1n) is 5.53. The molecule has 1 aromatic heterocycles. The van der Waals surface area contributed by atoms with Gasteiger partial charge >= 0.3 is 0 Å². The van der Waals surface area contributed by atoms with E-state index in [1.54, 1.807) is 6.07 Å². The molecule has 0 saturated heterocycles. The number of imidazole rings is 1. The molecule has 2 unspecified atom stereocenters. The van der Waals surface area contributed by atoms with Gasteiger partial charge in [0.15, 0.2) is 0 Å². The minimum atomic E-state index is -0.285. The normalized spacial score (nSPS) is 23.3. The third-order valence-corrected chi connectivity index (χ3v) is 4.17. The van der Waals surface area contributed by atoms with Gasteiger partial charge < -0.3 is 4.57 Å². The number of halogens is 3. The van der Waals surface area contributed by atoms with Gasteiger partial charge in [0.05, 0.1) is 21.4 Å². The van der Waals surface area contributed by atoms with Crippen molar-refractivity contribution in [2.45, 2.75) is 25.3 Å². The molecule has 90 valence electrons. The van der Waals surface area contributed by atoms with E-state index in [0.717, 1.165) is 17.8 Å². The fraction of sp³-hybridized carbons (Fsp3) is 0.417. The molecule has 2 aromatic rings. The van der Waals surface area contributed by atoms with Gasteiger partial charge in [0, 0.05) is 12.1 Å². The summed E-state index contributed by atoms with van der Waals surface area (Å²) in [7, 11) is 0. The Kier molecular flexibility index (Phi) is 2.67. The second-order valence-electron chi connectivity index (χ2n) is 4.57. The molecule has 1 aliphatic rings. The second kappa shape index (κ2) is 3.95. The number of fused-ring (bicyclic) bond motifs is 1. The molecule has 2 nitrogen and oxygen atoms in total. The SMILES string of the molecule is CC1CC1n1c(CCl)nc2cc(F)c(Br)cc21. The van der Waals surface area contributed by atoms with Crippen LogP contribution in [0.25, 0.3) is 11.0 Å². The highest BCUT2D eigenvalue weighted by Crippen LogP contribution is 2.45. The molecule has 1 fully saturated rings. The Morgan fingerprint density at radius 3 is 2.88 bits per heavy atom. The lowest BCUT2D eigenvalue weighted by Gasteiger charge is -2.06. The largest absolute Gasteiger partial charge is 0.324 e. The fourth-order valence-corrected chi connectivity index (χ4v) is 2.79. The Labute approximate surface area is 112 Å². The monoisotopic (exact) mass is 316 g/mol. The van der Waals surface area contributed by atoms with Crippen LogP contribution in [0.2, 0.25) is 0 Å². The maximum absolute atomic E-state index is 13.5. The van der Waals surface area contributed by atoms with Crippen molar-refractivity contribution in [1.29, 1.82) is 0 Å². The van der Waals surface area contributed by atoms with Gasteiger partial charge in [0.25, 0.3) is 0 Å². The van der Waals surface area contributed by atoms with Crippen LogP contribution in [0.3, 0.4) is 0 Å².